The third-order valence-electron chi connectivity index (χ3n) is 5.32. The predicted octanol–water partition coefficient (Wildman–Crippen LogP) is 2.00. The molecule has 0 radical (unpaired) electrons. The van der Waals surface area contributed by atoms with Gasteiger partial charge >= 0.3 is 5.97 Å². The van der Waals surface area contributed by atoms with Crippen LogP contribution < -0.4 is 5.73 Å². The summed E-state index contributed by atoms with van der Waals surface area (Å²) in [6.07, 6.45) is 8.13. The monoisotopic (exact) mass is 296 g/mol. The minimum atomic E-state index is -0.724. The molecule has 1 saturated heterocycles. The molecule has 120 valence electrons. The molecule has 0 aromatic rings. The fourth-order valence-corrected chi connectivity index (χ4v) is 3.82. The number of carbonyl (C=O) groups is 2. The normalized spacial score (nSPS) is 23.0. The molecule has 1 saturated carbocycles. The molecular weight excluding hydrogens is 268 g/mol. The van der Waals surface area contributed by atoms with Crippen molar-refractivity contribution in [2.45, 2.75) is 57.8 Å². The van der Waals surface area contributed by atoms with Crippen LogP contribution in [0.4, 0.5) is 0 Å². The Balaban J connectivity index is 1.86. The summed E-state index contributed by atoms with van der Waals surface area (Å²) in [5.41, 5.74) is 5.63. The summed E-state index contributed by atoms with van der Waals surface area (Å²) in [6, 6.07) is 0. The SMILES string of the molecule is NCC1(C(=O)N2CCC(CCC(=O)O)CC2)CCCCC1. The average molecular weight is 296 g/mol. The molecule has 1 amide bonds. The van der Waals surface area contributed by atoms with Crippen LogP contribution in [0.1, 0.15) is 57.8 Å². The maximum atomic E-state index is 12.8. The summed E-state index contributed by atoms with van der Waals surface area (Å²) in [5, 5.41) is 8.74. The Bertz CT molecular complexity index is 370. The number of carboxylic acid groups (broad SMARTS) is 1. The Hall–Kier alpha value is -1.10. The van der Waals surface area contributed by atoms with Crippen LogP contribution in [0.25, 0.3) is 0 Å². The molecule has 1 aliphatic heterocycles. The van der Waals surface area contributed by atoms with Gasteiger partial charge in [-0.25, -0.2) is 0 Å². The number of piperidine rings is 1. The largest absolute Gasteiger partial charge is 0.481 e. The smallest absolute Gasteiger partial charge is 0.303 e. The fourth-order valence-electron chi connectivity index (χ4n) is 3.82. The molecule has 21 heavy (non-hydrogen) atoms. The van der Waals surface area contributed by atoms with Gasteiger partial charge in [0.1, 0.15) is 0 Å². The highest BCUT2D eigenvalue weighted by Gasteiger charge is 2.41. The van der Waals surface area contributed by atoms with E-state index in [2.05, 4.69) is 0 Å². The maximum Gasteiger partial charge on any atom is 0.303 e. The third-order valence-corrected chi connectivity index (χ3v) is 5.32. The van der Waals surface area contributed by atoms with E-state index in [0.29, 0.717) is 12.5 Å². The zero-order valence-corrected chi connectivity index (χ0v) is 12.9. The molecule has 0 spiro atoms. The number of aliphatic carboxylic acids is 1. The van der Waals surface area contributed by atoms with E-state index < -0.39 is 5.97 Å². The molecule has 0 bridgehead atoms. The topological polar surface area (TPSA) is 83.6 Å². The van der Waals surface area contributed by atoms with Gasteiger partial charge in [0.2, 0.25) is 5.91 Å². The van der Waals surface area contributed by atoms with Gasteiger partial charge in [-0.1, -0.05) is 19.3 Å². The van der Waals surface area contributed by atoms with Crippen molar-refractivity contribution in [3.63, 3.8) is 0 Å². The summed E-state index contributed by atoms with van der Waals surface area (Å²) >= 11 is 0. The van der Waals surface area contributed by atoms with Gasteiger partial charge in [-0.15, -0.1) is 0 Å². The average Bonchev–Trinajstić information content (AvgIpc) is 2.53. The second-order valence-corrected chi connectivity index (χ2v) is 6.71. The molecule has 0 aromatic carbocycles. The van der Waals surface area contributed by atoms with E-state index in [0.717, 1.165) is 58.0 Å². The van der Waals surface area contributed by atoms with Crippen molar-refractivity contribution in [3.8, 4) is 0 Å². The number of amides is 1. The van der Waals surface area contributed by atoms with Crippen molar-refractivity contribution in [1.82, 2.24) is 4.90 Å². The Morgan fingerprint density at radius 3 is 2.29 bits per heavy atom. The van der Waals surface area contributed by atoms with Crippen LogP contribution in [0, 0.1) is 11.3 Å². The van der Waals surface area contributed by atoms with Crippen molar-refractivity contribution < 1.29 is 14.7 Å². The number of hydrogen-bond donors (Lipinski definition) is 2. The summed E-state index contributed by atoms with van der Waals surface area (Å²) in [6.45, 7) is 2.00. The molecule has 2 aliphatic rings. The summed E-state index contributed by atoms with van der Waals surface area (Å²) in [7, 11) is 0. The molecule has 0 unspecified atom stereocenters. The van der Waals surface area contributed by atoms with Crippen molar-refractivity contribution >= 4 is 11.9 Å². The van der Waals surface area contributed by atoms with Crippen LogP contribution in [0.5, 0.6) is 0 Å². The van der Waals surface area contributed by atoms with Crippen molar-refractivity contribution in [1.29, 1.82) is 0 Å². The molecule has 5 nitrogen and oxygen atoms in total. The first kappa shape index (κ1) is 16.3. The van der Waals surface area contributed by atoms with Crippen LogP contribution in [0.15, 0.2) is 0 Å². The minimum Gasteiger partial charge on any atom is -0.481 e. The number of carboxylic acids is 1. The molecular formula is C16H28N2O3. The fraction of sp³-hybridized carbons (Fsp3) is 0.875. The number of nitrogens with zero attached hydrogens (tertiary/aromatic N) is 1. The zero-order chi connectivity index (χ0) is 15.3. The lowest BCUT2D eigenvalue weighted by Crippen LogP contribution is -2.51. The second-order valence-electron chi connectivity index (χ2n) is 6.71. The molecule has 2 fully saturated rings. The van der Waals surface area contributed by atoms with E-state index in [1.54, 1.807) is 0 Å². The Labute approximate surface area is 126 Å². The maximum absolute atomic E-state index is 12.8. The number of rotatable bonds is 5. The highest BCUT2D eigenvalue weighted by atomic mass is 16.4. The second kappa shape index (κ2) is 7.25. The van der Waals surface area contributed by atoms with Gasteiger partial charge in [-0.2, -0.15) is 0 Å². The van der Waals surface area contributed by atoms with Crippen LogP contribution in [0.2, 0.25) is 0 Å². The number of hydrogen-bond acceptors (Lipinski definition) is 3. The van der Waals surface area contributed by atoms with Gasteiger partial charge in [0, 0.05) is 26.1 Å². The number of likely N-dealkylation sites (tertiary alicyclic amines) is 1. The summed E-state index contributed by atoms with van der Waals surface area (Å²) < 4.78 is 0. The van der Waals surface area contributed by atoms with Crippen molar-refractivity contribution in [2.24, 2.45) is 17.1 Å². The van der Waals surface area contributed by atoms with Gasteiger partial charge in [0.15, 0.2) is 0 Å². The van der Waals surface area contributed by atoms with Gasteiger partial charge in [-0.05, 0) is 38.0 Å². The lowest BCUT2D eigenvalue weighted by molar-refractivity contribution is -0.145. The third kappa shape index (κ3) is 3.96. The van der Waals surface area contributed by atoms with Crippen LogP contribution in [-0.4, -0.2) is 41.5 Å². The van der Waals surface area contributed by atoms with E-state index in [-0.39, 0.29) is 17.7 Å². The molecule has 1 aliphatic carbocycles. The van der Waals surface area contributed by atoms with Gasteiger partial charge in [0.05, 0.1) is 5.41 Å². The van der Waals surface area contributed by atoms with Crippen LogP contribution in [-0.2, 0) is 9.59 Å². The number of nitrogens with two attached hydrogens (primary N) is 1. The van der Waals surface area contributed by atoms with E-state index in [4.69, 9.17) is 10.8 Å². The van der Waals surface area contributed by atoms with E-state index in [1.807, 2.05) is 4.90 Å². The standard InChI is InChI=1S/C16H28N2O3/c17-12-16(8-2-1-3-9-16)15(21)18-10-6-13(7-11-18)4-5-14(19)20/h13H,1-12,17H2,(H,19,20). The minimum absolute atomic E-state index is 0.241. The van der Waals surface area contributed by atoms with Gasteiger partial charge in [-0.3, -0.25) is 9.59 Å². The first-order chi connectivity index (χ1) is 10.1. The van der Waals surface area contributed by atoms with Crippen molar-refractivity contribution in [3.05, 3.63) is 0 Å². The molecule has 2 rings (SSSR count). The highest BCUT2D eigenvalue weighted by molar-refractivity contribution is 5.83. The molecule has 3 N–H and O–H groups in total. The lowest BCUT2D eigenvalue weighted by atomic mass is 9.72. The predicted molar refractivity (Wildman–Crippen MR) is 80.7 cm³/mol. The van der Waals surface area contributed by atoms with Gasteiger partial charge in [0.25, 0.3) is 0 Å². The van der Waals surface area contributed by atoms with E-state index >= 15 is 0 Å². The summed E-state index contributed by atoms with van der Waals surface area (Å²) in [5.74, 6) is -0.0236. The van der Waals surface area contributed by atoms with Gasteiger partial charge < -0.3 is 15.7 Å². The molecule has 5 heteroatoms. The first-order valence-corrected chi connectivity index (χ1v) is 8.29. The quantitative estimate of drug-likeness (QED) is 0.812. The summed E-state index contributed by atoms with van der Waals surface area (Å²) in [4.78, 5) is 25.4. The van der Waals surface area contributed by atoms with Crippen LogP contribution >= 0.6 is 0 Å². The Morgan fingerprint density at radius 2 is 1.76 bits per heavy atom. The Morgan fingerprint density at radius 1 is 1.14 bits per heavy atom. The lowest BCUT2D eigenvalue weighted by Gasteiger charge is -2.41. The van der Waals surface area contributed by atoms with E-state index in [1.165, 1.54) is 6.42 Å². The highest BCUT2D eigenvalue weighted by Crippen LogP contribution is 2.38. The Kier molecular flexibility index (Phi) is 5.62. The van der Waals surface area contributed by atoms with E-state index in [9.17, 15) is 9.59 Å². The zero-order valence-electron chi connectivity index (χ0n) is 12.9. The van der Waals surface area contributed by atoms with Crippen LogP contribution in [0.3, 0.4) is 0 Å². The molecule has 0 aromatic heterocycles. The first-order valence-electron chi connectivity index (χ1n) is 8.29. The number of carbonyl (C=O) groups excluding carboxylic acids is 1. The molecule has 0 atom stereocenters. The molecule has 1 heterocycles. The van der Waals surface area contributed by atoms with Crippen molar-refractivity contribution in [2.75, 3.05) is 19.6 Å².